The standard InChI is InChI=1S/C14H11BrClFN4/c1-8(16)14-20-12-4-10(15)11(17)5-13(12)21(14)6-9-2-3-18-7-19-9/h2-5,7-8H,6H2,1H3. The Hall–Kier alpha value is -1.53. The molecular weight excluding hydrogens is 359 g/mol. The van der Waals surface area contributed by atoms with E-state index in [1.165, 1.54) is 12.4 Å². The normalized spacial score (nSPS) is 12.8. The molecule has 0 saturated heterocycles. The highest BCUT2D eigenvalue weighted by Gasteiger charge is 2.17. The SMILES string of the molecule is CC(Cl)c1nc2cc(Br)c(F)cc2n1Cc1ccncn1. The van der Waals surface area contributed by atoms with Crippen LogP contribution < -0.4 is 0 Å². The molecule has 3 aromatic rings. The molecule has 0 saturated carbocycles. The molecule has 1 unspecified atom stereocenters. The molecule has 0 aliphatic carbocycles. The van der Waals surface area contributed by atoms with Crippen LogP contribution in [0.15, 0.2) is 35.2 Å². The summed E-state index contributed by atoms with van der Waals surface area (Å²) >= 11 is 9.38. The molecule has 0 radical (unpaired) electrons. The average Bonchev–Trinajstić information content (AvgIpc) is 2.79. The van der Waals surface area contributed by atoms with Gasteiger partial charge in [0.2, 0.25) is 0 Å². The third-order valence-corrected chi connectivity index (χ3v) is 3.94. The zero-order valence-electron chi connectivity index (χ0n) is 11.1. The molecule has 0 fully saturated rings. The van der Waals surface area contributed by atoms with E-state index in [1.54, 1.807) is 12.3 Å². The Morgan fingerprint density at radius 3 is 2.90 bits per heavy atom. The van der Waals surface area contributed by atoms with E-state index >= 15 is 0 Å². The van der Waals surface area contributed by atoms with Crippen LogP contribution in [0, 0.1) is 5.82 Å². The Bertz CT molecular complexity index is 789. The fraction of sp³-hybridized carbons (Fsp3) is 0.214. The largest absolute Gasteiger partial charge is 0.321 e. The van der Waals surface area contributed by atoms with Crippen LogP contribution in [0.5, 0.6) is 0 Å². The second kappa shape index (κ2) is 5.69. The van der Waals surface area contributed by atoms with Gasteiger partial charge in [-0.25, -0.2) is 19.3 Å². The van der Waals surface area contributed by atoms with Crippen LogP contribution in [0.1, 0.15) is 23.8 Å². The predicted molar refractivity (Wildman–Crippen MR) is 82.8 cm³/mol. The van der Waals surface area contributed by atoms with E-state index in [0.717, 1.165) is 5.69 Å². The summed E-state index contributed by atoms with van der Waals surface area (Å²) in [4.78, 5) is 12.6. The number of alkyl halides is 1. The zero-order chi connectivity index (χ0) is 15.0. The van der Waals surface area contributed by atoms with E-state index in [0.29, 0.717) is 27.9 Å². The monoisotopic (exact) mass is 368 g/mol. The minimum Gasteiger partial charge on any atom is -0.321 e. The summed E-state index contributed by atoms with van der Waals surface area (Å²) in [5.74, 6) is 0.350. The van der Waals surface area contributed by atoms with Crippen LogP contribution in [-0.2, 0) is 6.54 Å². The van der Waals surface area contributed by atoms with Crippen LogP contribution >= 0.6 is 27.5 Å². The predicted octanol–water partition coefficient (Wildman–Crippen LogP) is 4.08. The van der Waals surface area contributed by atoms with Crippen molar-refractivity contribution >= 4 is 38.6 Å². The molecular formula is C14H11BrClFN4. The van der Waals surface area contributed by atoms with E-state index in [9.17, 15) is 4.39 Å². The Balaban J connectivity index is 2.18. The molecule has 2 aromatic heterocycles. The van der Waals surface area contributed by atoms with Gasteiger partial charge in [0.15, 0.2) is 0 Å². The van der Waals surface area contributed by atoms with Gasteiger partial charge in [-0.05, 0) is 35.0 Å². The fourth-order valence-corrected chi connectivity index (χ4v) is 2.68. The van der Waals surface area contributed by atoms with Gasteiger partial charge in [0.25, 0.3) is 0 Å². The summed E-state index contributed by atoms with van der Waals surface area (Å²) in [6.45, 7) is 2.30. The summed E-state index contributed by atoms with van der Waals surface area (Å²) in [7, 11) is 0. The van der Waals surface area contributed by atoms with Gasteiger partial charge < -0.3 is 4.57 Å². The van der Waals surface area contributed by atoms with E-state index in [2.05, 4.69) is 30.9 Å². The molecule has 4 nitrogen and oxygen atoms in total. The topological polar surface area (TPSA) is 43.6 Å². The van der Waals surface area contributed by atoms with Gasteiger partial charge in [-0.3, -0.25) is 0 Å². The molecule has 1 aromatic carbocycles. The molecule has 0 amide bonds. The van der Waals surface area contributed by atoms with Crippen LogP contribution in [0.4, 0.5) is 4.39 Å². The van der Waals surface area contributed by atoms with Crippen molar-refractivity contribution in [2.24, 2.45) is 0 Å². The van der Waals surface area contributed by atoms with E-state index in [4.69, 9.17) is 11.6 Å². The van der Waals surface area contributed by atoms with Crippen molar-refractivity contribution in [3.05, 3.63) is 52.5 Å². The minimum absolute atomic E-state index is 0.291. The smallest absolute Gasteiger partial charge is 0.139 e. The highest BCUT2D eigenvalue weighted by Crippen LogP contribution is 2.28. The first-order valence-corrected chi connectivity index (χ1v) is 7.53. The Labute approximate surface area is 134 Å². The average molecular weight is 370 g/mol. The van der Waals surface area contributed by atoms with E-state index in [-0.39, 0.29) is 11.2 Å². The summed E-state index contributed by atoms with van der Waals surface area (Å²) in [6.07, 6.45) is 3.15. The van der Waals surface area contributed by atoms with Crippen LogP contribution in [0.2, 0.25) is 0 Å². The zero-order valence-corrected chi connectivity index (χ0v) is 13.4. The minimum atomic E-state index is -0.333. The van der Waals surface area contributed by atoms with Crippen LogP contribution in [0.25, 0.3) is 11.0 Å². The fourth-order valence-electron chi connectivity index (χ4n) is 2.18. The number of fused-ring (bicyclic) bond motifs is 1. The van der Waals surface area contributed by atoms with E-state index < -0.39 is 0 Å². The van der Waals surface area contributed by atoms with Crippen molar-refractivity contribution in [2.75, 3.05) is 0 Å². The first kappa shape index (κ1) is 14.4. The molecule has 0 aliphatic heterocycles. The first-order chi connectivity index (χ1) is 10.1. The van der Waals surface area contributed by atoms with Gasteiger partial charge in [0.1, 0.15) is 18.0 Å². The maximum Gasteiger partial charge on any atom is 0.139 e. The second-order valence-corrected chi connectivity index (χ2v) is 6.14. The van der Waals surface area contributed by atoms with Gasteiger partial charge >= 0.3 is 0 Å². The summed E-state index contributed by atoms with van der Waals surface area (Å²) < 4.78 is 16.1. The molecule has 7 heteroatoms. The van der Waals surface area contributed by atoms with Gasteiger partial charge in [0.05, 0.1) is 33.1 Å². The third kappa shape index (κ3) is 2.78. The van der Waals surface area contributed by atoms with Crippen molar-refractivity contribution in [3.63, 3.8) is 0 Å². The number of aromatic nitrogens is 4. The number of nitrogens with zero attached hydrogens (tertiary/aromatic N) is 4. The lowest BCUT2D eigenvalue weighted by atomic mass is 10.3. The van der Waals surface area contributed by atoms with E-state index in [1.807, 2.05) is 17.6 Å². The van der Waals surface area contributed by atoms with Crippen molar-refractivity contribution < 1.29 is 4.39 Å². The van der Waals surface area contributed by atoms with Crippen LogP contribution in [-0.4, -0.2) is 19.5 Å². The Kier molecular flexibility index (Phi) is 3.91. The lowest BCUT2D eigenvalue weighted by molar-refractivity contribution is 0.621. The number of halogens is 3. The third-order valence-electron chi connectivity index (χ3n) is 3.14. The number of benzene rings is 1. The summed E-state index contributed by atoms with van der Waals surface area (Å²) in [6, 6.07) is 4.92. The number of imidazole rings is 1. The van der Waals surface area contributed by atoms with Gasteiger partial charge in [-0.2, -0.15) is 0 Å². The van der Waals surface area contributed by atoms with Crippen molar-refractivity contribution in [1.29, 1.82) is 0 Å². The lowest BCUT2D eigenvalue weighted by Gasteiger charge is -2.10. The summed E-state index contributed by atoms with van der Waals surface area (Å²) in [5.41, 5.74) is 2.20. The molecule has 1 atom stereocenters. The lowest BCUT2D eigenvalue weighted by Crippen LogP contribution is -2.07. The second-order valence-electron chi connectivity index (χ2n) is 4.63. The molecule has 108 valence electrons. The number of hydrogen-bond donors (Lipinski definition) is 0. The molecule has 0 N–H and O–H groups in total. The maximum atomic E-state index is 13.8. The molecule has 2 heterocycles. The Morgan fingerprint density at radius 1 is 1.43 bits per heavy atom. The number of hydrogen-bond acceptors (Lipinski definition) is 3. The molecule has 0 bridgehead atoms. The van der Waals surface area contributed by atoms with Gasteiger partial charge in [0, 0.05) is 12.3 Å². The van der Waals surface area contributed by atoms with Gasteiger partial charge in [-0.15, -0.1) is 11.6 Å². The quantitative estimate of drug-likeness (QED) is 0.654. The van der Waals surface area contributed by atoms with Crippen molar-refractivity contribution in [1.82, 2.24) is 19.5 Å². The number of rotatable bonds is 3. The molecule has 21 heavy (non-hydrogen) atoms. The Morgan fingerprint density at radius 2 is 2.24 bits per heavy atom. The van der Waals surface area contributed by atoms with Gasteiger partial charge in [-0.1, -0.05) is 0 Å². The van der Waals surface area contributed by atoms with Crippen LogP contribution in [0.3, 0.4) is 0 Å². The summed E-state index contributed by atoms with van der Waals surface area (Å²) in [5, 5.41) is -0.291. The molecule has 0 spiro atoms. The van der Waals surface area contributed by atoms with Crippen molar-refractivity contribution in [3.8, 4) is 0 Å². The highest BCUT2D eigenvalue weighted by molar-refractivity contribution is 9.10. The van der Waals surface area contributed by atoms with Crippen molar-refractivity contribution in [2.45, 2.75) is 18.8 Å². The highest BCUT2D eigenvalue weighted by atomic mass is 79.9. The maximum absolute atomic E-state index is 13.8. The molecule has 0 aliphatic rings. The first-order valence-electron chi connectivity index (χ1n) is 6.30. The molecule has 3 rings (SSSR count).